The molecule has 4 heteroatoms. The first-order valence-corrected chi connectivity index (χ1v) is 7.69. The molecule has 1 heterocycles. The van der Waals surface area contributed by atoms with Gasteiger partial charge in [0, 0.05) is 23.6 Å². The minimum atomic E-state index is -0.251. The molecule has 0 aliphatic carbocycles. The maximum absolute atomic E-state index is 12.2. The van der Waals surface area contributed by atoms with Crippen molar-refractivity contribution >= 4 is 16.8 Å². The molecule has 3 rings (SSSR count). The largest absolute Gasteiger partial charge is 0.507 e. The van der Waals surface area contributed by atoms with Crippen LogP contribution in [0.15, 0.2) is 42.6 Å². The third kappa shape index (κ3) is 3.06. The van der Waals surface area contributed by atoms with Gasteiger partial charge in [0.25, 0.3) is 5.91 Å². The van der Waals surface area contributed by atoms with Crippen LogP contribution in [0.5, 0.6) is 5.75 Å². The molecule has 3 aromatic rings. The van der Waals surface area contributed by atoms with Gasteiger partial charge in [0.1, 0.15) is 5.75 Å². The van der Waals surface area contributed by atoms with E-state index < -0.39 is 0 Å². The van der Waals surface area contributed by atoms with Gasteiger partial charge in [-0.3, -0.25) is 4.79 Å². The summed E-state index contributed by atoms with van der Waals surface area (Å²) in [7, 11) is 0. The number of fused-ring (bicyclic) bond motifs is 1. The van der Waals surface area contributed by atoms with Crippen molar-refractivity contribution in [3.05, 3.63) is 64.8 Å². The summed E-state index contributed by atoms with van der Waals surface area (Å²) in [5.74, 6) is -0.232. The van der Waals surface area contributed by atoms with Crippen molar-refractivity contribution in [1.29, 1.82) is 0 Å². The summed E-state index contributed by atoms with van der Waals surface area (Å²) in [6.45, 7) is 4.48. The number of hydrogen-bond donors (Lipinski definition) is 3. The van der Waals surface area contributed by atoms with Gasteiger partial charge in [0.15, 0.2) is 0 Å². The summed E-state index contributed by atoms with van der Waals surface area (Å²) >= 11 is 0. The highest BCUT2D eigenvalue weighted by molar-refractivity contribution is 5.97. The number of nitrogens with one attached hydrogen (secondary N) is 2. The van der Waals surface area contributed by atoms with E-state index in [-0.39, 0.29) is 11.7 Å². The summed E-state index contributed by atoms with van der Waals surface area (Å²) < 4.78 is 0. The lowest BCUT2D eigenvalue weighted by molar-refractivity contribution is 0.0951. The number of benzene rings is 2. The summed E-state index contributed by atoms with van der Waals surface area (Å²) in [5, 5.41) is 13.9. The Morgan fingerprint density at radius 3 is 2.83 bits per heavy atom. The van der Waals surface area contributed by atoms with Crippen LogP contribution in [0.25, 0.3) is 10.9 Å². The van der Waals surface area contributed by atoms with Crippen molar-refractivity contribution in [3.8, 4) is 5.75 Å². The molecule has 0 atom stereocenters. The van der Waals surface area contributed by atoms with Gasteiger partial charge in [-0.25, -0.2) is 0 Å². The predicted molar refractivity (Wildman–Crippen MR) is 91.9 cm³/mol. The molecular weight excluding hydrogens is 288 g/mol. The molecule has 0 saturated carbocycles. The highest BCUT2D eigenvalue weighted by Gasteiger charge is 2.11. The van der Waals surface area contributed by atoms with Crippen LogP contribution >= 0.6 is 0 Å². The zero-order chi connectivity index (χ0) is 16.4. The molecule has 1 aromatic heterocycles. The van der Waals surface area contributed by atoms with Crippen LogP contribution in [-0.4, -0.2) is 22.5 Å². The van der Waals surface area contributed by atoms with Gasteiger partial charge in [-0.15, -0.1) is 0 Å². The monoisotopic (exact) mass is 308 g/mol. The Kier molecular flexibility index (Phi) is 4.06. The van der Waals surface area contributed by atoms with Crippen molar-refractivity contribution in [3.63, 3.8) is 0 Å². The minimum Gasteiger partial charge on any atom is -0.507 e. The number of aromatic amines is 1. The van der Waals surface area contributed by atoms with E-state index in [2.05, 4.69) is 29.4 Å². The third-order valence-electron chi connectivity index (χ3n) is 4.07. The van der Waals surface area contributed by atoms with E-state index in [0.29, 0.717) is 12.1 Å². The number of carbonyl (C=O) groups excluding carboxylic acids is 1. The lowest BCUT2D eigenvalue weighted by atomic mass is 10.1. The van der Waals surface area contributed by atoms with E-state index in [1.54, 1.807) is 12.1 Å². The number of carbonyl (C=O) groups is 1. The van der Waals surface area contributed by atoms with Crippen LogP contribution in [0, 0.1) is 13.8 Å². The molecule has 0 bridgehead atoms. The maximum atomic E-state index is 12.2. The van der Waals surface area contributed by atoms with Gasteiger partial charge >= 0.3 is 0 Å². The zero-order valence-electron chi connectivity index (χ0n) is 13.3. The molecule has 0 fully saturated rings. The molecule has 1 amide bonds. The Morgan fingerprint density at radius 2 is 2.04 bits per heavy atom. The molecule has 0 saturated heterocycles. The SMILES string of the molecule is Cc1ccc(C(=O)NCCc2c[nH]c3cccc(C)c23)c(O)c1. The average Bonchev–Trinajstić information content (AvgIpc) is 2.92. The molecule has 3 N–H and O–H groups in total. The van der Waals surface area contributed by atoms with E-state index in [1.807, 2.05) is 25.3 Å². The quantitative estimate of drug-likeness (QED) is 0.691. The van der Waals surface area contributed by atoms with E-state index in [0.717, 1.165) is 17.5 Å². The molecule has 0 aliphatic heterocycles. The van der Waals surface area contributed by atoms with Crippen LogP contribution in [0.4, 0.5) is 0 Å². The summed E-state index contributed by atoms with van der Waals surface area (Å²) in [4.78, 5) is 15.4. The number of aromatic nitrogens is 1. The Hall–Kier alpha value is -2.75. The second-order valence-electron chi connectivity index (χ2n) is 5.84. The van der Waals surface area contributed by atoms with Gasteiger partial charge in [0.2, 0.25) is 0 Å². The van der Waals surface area contributed by atoms with Gasteiger partial charge in [-0.05, 0) is 55.2 Å². The van der Waals surface area contributed by atoms with E-state index in [9.17, 15) is 9.90 Å². The predicted octanol–water partition coefficient (Wildman–Crippen LogP) is 3.46. The first kappa shape index (κ1) is 15.2. The summed E-state index contributed by atoms with van der Waals surface area (Å²) in [6, 6.07) is 11.2. The average molecular weight is 308 g/mol. The van der Waals surface area contributed by atoms with Crippen LogP contribution in [0.2, 0.25) is 0 Å². The molecule has 0 unspecified atom stereocenters. The maximum Gasteiger partial charge on any atom is 0.255 e. The van der Waals surface area contributed by atoms with Crippen molar-refractivity contribution in [1.82, 2.24) is 10.3 Å². The van der Waals surface area contributed by atoms with Gasteiger partial charge in [-0.1, -0.05) is 18.2 Å². The second-order valence-corrected chi connectivity index (χ2v) is 5.84. The molecule has 23 heavy (non-hydrogen) atoms. The lowest BCUT2D eigenvalue weighted by Crippen LogP contribution is -2.25. The Bertz CT molecular complexity index is 865. The van der Waals surface area contributed by atoms with Crippen LogP contribution < -0.4 is 5.32 Å². The summed E-state index contributed by atoms with van der Waals surface area (Å²) in [6.07, 6.45) is 2.73. The molecule has 0 spiro atoms. The fourth-order valence-electron chi connectivity index (χ4n) is 2.89. The molecule has 118 valence electrons. The van der Waals surface area contributed by atoms with Crippen LogP contribution in [0.3, 0.4) is 0 Å². The smallest absolute Gasteiger partial charge is 0.255 e. The molecule has 4 nitrogen and oxygen atoms in total. The summed E-state index contributed by atoms with van der Waals surface area (Å²) in [5.41, 5.74) is 4.76. The van der Waals surface area contributed by atoms with Crippen molar-refractivity contribution in [2.75, 3.05) is 6.54 Å². The van der Waals surface area contributed by atoms with E-state index >= 15 is 0 Å². The highest BCUT2D eigenvalue weighted by Crippen LogP contribution is 2.22. The van der Waals surface area contributed by atoms with Gasteiger partial charge in [0.05, 0.1) is 5.56 Å². The molecular formula is C19H20N2O2. The Morgan fingerprint density at radius 1 is 1.22 bits per heavy atom. The molecule has 0 radical (unpaired) electrons. The van der Waals surface area contributed by atoms with Gasteiger partial charge < -0.3 is 15.4 Å². The Balaban J connectivity index is 1.68. The number of H-pyrrole nitrogens is 1. The van der Waals surface area contributed by atoms with Crippen molar-refractivity contribution in [2.45, 2.75) is 20.3 Å². The number of phenolic OH excluding ortho intramolecular Hbond substituents is 1. The second kappa shape index (κ2) is 6.16. The number of amides is 1. The number of aryl methyl sites for hydroxylation is 2. The highest BCUT2D eigenvalue weighted by atomic mass is 16.3. The first-order valence-electron chi connectivity index (χ1n) is 7.69. The topological polar surface area (TPSA) is 65.1 Å². The number of rotatable bonds is 4. The van der Waals surface area contributed by atoms with Crippen molar-refractivity contribution < 1.29 is 9.90 Å². The first-order chi connectivity index (χ1) is 11.1. The molecule has 0 aliphatic rings. The third-order valence-corrected chi connectivity index (χ3v) is 4.07. The van der Waals surface area contributed by atoms with Crippen LogP contribution in [0.1, 0.15) is 27.0 Å². The lowest BCUT2D eigenvalue weighted by Gasteiger charge is -2.07. The van der Waals surface area contributed by atoms with Crippen LogP contribution in [-0.2, 0) is 6.42 Å². The van der Waals surface area contributed by atoms with Gasteiger partial charge in [-0.2, -0.15) is 0 Å². The Labute approximate surface area is 135 Å². The standard InChI is InChI=1S/C19H20N2O2/c1-12-6-7-15(17(22)10-12)19(23)20-9-8-14-11-21-16-5-3-4-13(2)18(14)16/h3-7,10-11,21-22H,8-9H2,1-2H3,(H,20,23). The van der Waals surface area contributed by atoms with E-state index in [4.69, 9.17) is 0 Å². The zero-order valence-corrected chi connectivity index (χ0v) is 13.3. The fourth-order valence-corrected chi connectivity index (χ4v) is 2.89. The van der Waals surface area contributed by atoms with E-state index in [1.165, 1.54) is 16.5 Å². The number of phenols is 1. The number of hydrogen-bond acceptors (Lipinski definition) is 2. The van der Waals surface area contributed by atoms with Crippen molar-refractivity contribution in [2.24, 2.45) is 0 Å². The minimum absolute atomic E-state index is 0.0189. The normalized spacial score (nSPS) is 10.9. The fraction of sp³-hybridized carbons (Fsp3) is 0.211. The molecule has 2 aromatic carbocycles. The number of aromatic hydroxyl groups is 1.